The Labute approximate surface area is 243 Å². The molecule has 0 saturated heterocycles. The highest BCUT2D eigenvalue weighted by Crippen LogP contribution is 2.31. The number of pyridine rings is 1. The third-order valence-corrected chi connectivity index (χ3v) is 6.01. The van der Waals surface area contributed by atoms with E-state index in [2.05, 4.69) is 46.5 Å². The molecule has 13 heteroatoms. The van der Waals surface area contributed by atoms with Crippen molar-refractivity contribution in [2.75, 3.05) is 44.3 Å². The number of hydrogen-bond donors (Lipinski definition) is 6. The second kappa shape index (κ2) is 14.2. The van der Waals surface area contributed by atoms with E-state index in [4.69, 9.17) is 15.2 Å². The van der Waals surface area contributed by atoms with Gasteiger partial charge in [0, 0.05) is 49.5 Å². The van der Waals surface area contributed by atoms with Crippen molar-refractivity contribution in [1.29, 1.82) is 0 Å². The lowest BCUT2D eigenvalue weighted by molar-refractivity contribution is -0.118. The van der Waals surface area contributed by atoms with Crippen LogP contribution in [0.3, 0.4) is 0 Å². The summed E-state index contributed by atoms with van der Waals surface area (Å²) in [6, 6.07) is 14.1. The molecule has 13 nitrogen and oxygen atoms in total. The van der Waals surface area contributed by atoms with E-state index in [0.717, 1.165) is 22.2 Å². The lowest BCUT2D eigenvalue weighted by atomic mass is 10.1. The molecular weight excluding hydrogens is 536 g/mol. The van der Waals surface area contributed by atoms with E-state index in [-0.39, 0.29) is 24.3 Å². The number of primary amides is 1. The minimum Gasteiger partial charge on any atom is -0.493 e. The first-order chi connectivity index (χ1) is 20.4. The van der Waals surface area contributed by atoms with E-state index in [1.54, 1.807) is 65.1 Å². The average Bonchev–Trinajstić information content (AvgIpc) is 2.99. The van der Waals surface area contributed by atoms with Crippen LogP contribution in [0.5, 0.6) is 11.5 Å². The van der Waals surface area contributed by atoms with Crippen molar-refractivity contribution in [3.63, 3.8) is 0 Å². The molecule has 4 aromatic rings. The first-order valence-corrected chi connectivity index (χ1v) is 13.0. The number of carbonyl (C=O) groups excluding carboxylic acids is 1. The Bertz CT molecular complexity index is 1590. The smallest absolute Gasteiger partial charge is 0.240 e. The van der Waals surface area contributed by atoms with Gasteiger partial charge in [0.1, 0.15) is 6.04 Å². The summed E-state index contributed by atoms with van der Waals surface area (Å²) in [5.74, 6) is 1.14. The number of ether oxygens (including phenoxy) is 2. The van der Waals surface area contributed by atoms with Crippen LogP contribution in [0.1, 0.15) is 6.42 Å². The molecule has 0 aliphatic carbocycles. The predicted octanol–water partition coefficient (Wildman–Crippen LogP) is 3.42. The van der Waals surface area contributed by atoms with Crippen LogP contribution in [-0.4, -0.2) is 60.2 Å². The van der Waals surface area contributed by atoms with Crippen molar-refractivity contribution >= 4 is 46.0 Å². The summed E-state index contributed by atoms with van der Waals surface area (Å²) in [5.41, 5.74) is 8.85. The van der Waals surface area contributed by atoms with Crippen LogP contribution in [0.4, 0.5) is 29.2 Å². The van der Waals surface area contributed by atoms with Gasteiger partial charge < -0.3 is 41.8 Å². The Balaban J connectivity index is 1.68. The van der Waals surface area contributed by atoms with Crippen LogP contribution in [-0.2, 0) is 4.79 Å². The van der Waals surface area contributed by atoms with E-state index in [0.29, 0.717) is 17.2 Å². The maximum absolute atomic E-state index is 12.5. The summed E-state index contributed by atoms with van der Waals surface area (Å²) in [6.45, 7) is 0. The first kappa shape index (κ1) is 29.4. The van der Waals surface area contributed by atoms with Crippen molar-refractivity contribution < 1.29 is 14.3 Å². The van der Waals surface area contributed by atoms with Crippen LogP contribution >= 0.6 is 0 Å². The summed E-state index contributed by atoms with van der Waals surface area (Å²) in [6.07, 6.45) is 7.40. The number of hydrogen-bond acceptors (Lipinski definition) is 12. The number of fused-ring (bicyclic) bond motifs is 1. The molecule has 0 spiro atoms. The fourth-order valence-corrected chi connectivity index (χ4v) is 4.04. The monoisotopic (exact) mass is 570 g/mol. The Morgan fingerprint density at radius 2 is 1.60 bits per heavy atom. The van der Waals surface area contributed by atoms with Crippen LogP contribution in [0, 0.1) is 0 Å². The molecule has 0 bridgehead atoms. The van der Waals surface area contributed by atoms with Crippen LogP contribution in [0.25, 0.3) is 10.9 Å². The number of amides is 1. The second-order valence-electron chi connectivity index (χ2n) is 8.97. The van der Waals surface area contributed by atoms with Gasteiger partial charge in [0.2, 0.25) is 23.8 Å². The molecule has 0 aliphatic rings. The molecule has 0 radical (unpaired) electrons. The van der Waals surface area contributed by atoms with Gasteiger partial charge in [-0.15, -0.1) is 0 Å². The van der Waals surface area contributed by atoms with Crippen molar-refractivity contribution in [3.8, 4) is 11.5 Å². The molecule has 0 saturated carbocycles. The molecule has 2 aromatic carbocycles. The molecule has 218 valence electrons. The lowest BCUT2D eigenvalue weighted by Crippen LogP contribution is -2.36. The number of nitrogens with zero attached hydrogens (tertiary/aromatic N) is 4. The number of methoxy groups -OCH3 is 2. The molecule has 1 atom stereocenters. The minimum atomic E-state index is -0.818. The summed E-state index contributed by atoms with van der Waals surface area (Å²) >= 11 is 0. The molecule has 42 heavy (non-hydrogen) atoms. The topological polar surface area (TPSA) is 173 Å². The SMILES string of the molecule is CN/C=C(\C=C\NC)CC(Nc1nc(Nc2ccc(OC)c(OC)c2)nc(Nc2ccc3ncccc3c2)n1)C(N)=O. The molecule has 0 aliphatic heterocycles. The van der Waals surface area contributed by atoms with Gasteiger partial charge in [-0.2, -0.15) is 15.0 Å². The maximum Gasteiger partial charge on any atom is 0.240 e. The number of carbonyl (C=O) groups is 1. The standard InChI is InChI=1S/C29H34N10O3/c1-31-13-11-18(17-32-2)14-23(26(30)40)36-29-38-27(34-20-7-9-22-19(15-20)6-5-12-33-22)37-28(39-29)35-21-8-10-24(41-3)25(16-21)42-4/h5-13,15-17,23,31-32H,14H2,1-4H3,(H2,30,40)(H3,34,35,36,37,38,39)/b13-11+,18-17+. The Morgan fingerprint density at radius 1 is 0.905 bits per heavy atom. The van der Waals surface area contributed by atoms with E-state index in [1.807, 2.05) is 36.4 Å². The number of anilines is 5. The van der Waals surface area contributed by atoms with E-state index in [1.165, 1.54) is 0 Å². The highest BCUT2D eigenvalue weighted by atomic mass is 16.5. The highest BCUT2D eigenvalue weighted by molar-refractivity contribution is 5.84. The molecule has 4 rings (SSSR count). The zero-order chi connectivity index (χ0) is 29.9. The Morgan fingerprint density at radius 3 is 2.26 bits per heavy atom. The third-order valence-electron chi connectivity index (χ3n) is 6.01. The fraction of sp³-hybridized carbons (Fsp3) is 0.207. The first-order valence-electron chi connectivity index (χ1n) is 13.0. The summed E-state index contributed by atoms with van der Waals surface area (Å²) in [7, 11) is 6.69. The van der Waals surface area contributed by atoms with Gasteiger partial charge in [-0.1, -0.05) is 6.07 Å². The Kier molecular flexibility index (Phi) is 9.91. The van der Waals surface area contributed by atoms with E-state index < -0.39 is 11.9 Å². The van der Waals surface area contributed by atoms with Gasteiger partial charge in [0.25, 0.3) is 0 Å². The third kappa shape index (κ3) is 7.75. The highest BCUT2D eigenvalue weighted by Gasteiger charge is 2.19. The van der Waals surface area contributed by atoms with E-state index >= 15 is 0 Å². The average molecular weight is 571 g/mol. The van der Waals surface area contributed by atoms with Crippen molar-refractivity contribution in [2.45, 2.75) is 12.5 Å². The molecule has 1 unspecified atom stereocenters. The second-order valence-corrected chi connectivity index (χ2v) is 8.97. The maximum atomic E-state index is 12.5. The normalized spacial score (nSPS) is 12.0. The van der Waals surface area contributed by atoms with Crippen LogP contribution in [0.15, 0.2) is 78.8 Å². The number of nitrogens with one attached hydrogen (secondary N) is 5. The fourth-order valence-electron chi connectivity index (χ4n) is 4.04. The molecule has 1 amide bonds. The summed E-state index contributed by atoms with van der Waals surface area (Å²) in [5, 5.41) is 16.3. The largest absolute Gasteiger partial charge is 0.493 e. The summed E-state index contributed by atoms with van der Waals surface area (Å²) in [4.78, 5) is 30.4. The van der Waals surface area contributed by atoms with Crippen LogP contribution in [0.2, 0.25) is 0 Å². The van der Waals surface area contributed by atoms with Gasteiger partial charge in [0.05, 0.1) is 19.7 Å². The summed E-state index contributed by atoms with van der Waals surface area (Å²) < 4.78 is 10.8. The van der Waals surface area contributed by atoms with Gasteiger partial charge in [-0.05, 0) is 60.4 Å². The number of aromatic nitrogens is 4. The van der Waals surface area contributed by atoms with Crippen LogP contribution < -0.4 is 41.8 Å². The molecule has 0 fully saturated rings. The Hall–Kier alpha value is -5.59. The molecule has 2 heterocycles. The zero-order valence-corrected chi connectivity index (χ0v) is 23.8. The minimum absolute atomic E-state index is 0.142. The van der Waals surface area contributed by atoms with Gasteiger partial charge >= 0.3 is 0 Å². The number of allylic oxidation sites excluding steroid dienone is 1. The number of nitrogens with two attached hydrogens (primary N) is 1. The van der Waals surface area contributed by atoms with Gasteiger partial charge in [0.15, 0.2) is 11.5 Å². The zero-order valence-electron chi connectivity index (χ0n) is 23.8. The molecule has 2 aromatic heterocycles. The van der Waals surface area contributed by atoms with Crippen molar-refractivity contribution in [3.05, 3.63) is 78.8 Å². The van der Waals surface area contributed by atoms with E-state index in [9.17, 15) is 4.79 Å². The van der Waals surface area contributed by atoms with Gasteiger partial charge in [-0.3, -0.25) is 9.78 Å². The molecular formula is C29H34N10O3. The van der Waals surface area contributed by atoms with Gasteiger partial charge in [-0.25, -0.2) is 0 Å². The van der Waals surface area contributed by atoms with Crippen molar-refractivity contribution in [1.82, 2.24) is 30.6 Å². The number of benzene rings is 2. The van der Waals surface area contributed by atoms with Crippen molar-refractivity contribution in [2.24, 2.45) is 5.73 Å². The quantitative estimate of drug-likeness (QED) is 0.122. The predicted molar refractivity (Wildman–Crippen MR) is 164 cm³/mol. The number of rotatable bonds is 14. The lowest BCUT2D eigenvalue weighted by Gasteiger charge is -2.18. The molecule has 7 N–H and O–H groups in total.